The maximum absolute atomic E-state index is 12.4. The molecule has 1 atom stereocenters. The van der Waals surface area contributed by atoms with E-state index in [4.69, 9.17) is 10.7 Å². The maximum atomic E-state index is 12.4. The molecular formula is C14H23ClN2O3S. The molecule has 0 aromatic carbocycles. The molecule has 5 nitrogen and oxygen atoms in total. The molecule has 120 valence electrons. The third-order valence-corrected chi connectivity index (χ3v) is 4.68. The molecule has 1 N–H and O–H groups in total. The van der Waals surface area contributed by atoms with Gasteiger partial charge in [-0.15, -0.1) is 0 Å². The number of amides is 1. The molecule has 1 unspecified atom stereocenters. The molecule has 1 amide bonds. The Kier molecular flexibility index (Phi) is 6.28. The fourth-order valence-electron chi connectivity index (χ4n) is 2.18. The lowest BCUT2D eigenvalue weighted by Crippen LogP contribution is -2.35. The Hall–Kier alpha value is -1.01. The van der Waals surface area contributed by atoms with Gasteiger partial charge in [-0.3, -0.25) is 4.79 Å². The van der Waals surface area contributed by atoms with Crippen molar-refractivity contribution in [1.82, 2.24) is 9.88 Å². The molecule has 1 aromatic heterocycles. The summed E-state index contributed by atoms with van der Waals surface area (Å²) in [6.07, 6.45) is 4.11. The van der Waals surface area contributed by atoms with Gasteiger partial charge in [0.05, 0.1) is 0 Å². The second-order valence-corrected chi connectivity index (χ2v) is 7.93. The maximum Gasteiger partial charge on any atom is 0.268 e. The first-order valence-corrected chi connectivity index (χ1v) is 9.49. The fraction of sp³-hybridized carbons (Fsp3) is 0.643. The largest absolute Gasteiger partial charge is 0.348 e. The summed E-state index contributed by atoms with van der Waals surface area (Å²) in [4.78, 5) is 12.3. The number of hydrogen-bond donors (Lipinski definition) is 1. The van der Waals surface area contributed by atoms with Crippen LogP contribution in [0.1, 0.15) is 63.5 Å². The zero-order valence-electron chi connectivity index (χ0n) is 12.9. The highest BCUT2D eigenvalue weighted by Gasteiger charge is 2.22. The van der Waals surface area contributed by atoms with E-state index in [0.717, 1.165) is 19.3 Å². The minimum Gasteiger partial charge on any atom is -0.348 e. The third-order valence-electron chi connectivity index (χ3n) is 3.36. The van der Waals surface area contributed by atoms with Gasteiger partial charge >= 0.3 is 0 Å². The number of nitrogens with one attached hydrogen (secondary N) is 1. The van der Waals surface area contributed by atoms with Crippen molar-refractivity contribution in [3.05, 3.63) is 18.0 Å². The van der Waals surface area contributed by atoms with Gasteiger partial charge in [0, 0.05) is 29.0 Å². The number of carbonyl (C=O) groups excluding carboxylic acids is 1. The van der Waals surface area contributed by atoms with E-state index < -0.39 is 9.05 Å². The Balaban J connectivity index is 3.10. The van der Waals surface area contributed by atoms with E-state index in [2.05, 4.69) is 12.2 Å². The first-order chi connectivity index (χ1) is 9.70. The first kappa shape index (κ1) is 18.0. The van der Waals surface area contributed by atoms with Crippen molar-refractivity contribution in [3.8, 4) is 0 Å². The van der Waals surface area contributed by atoms with Gasteiger partial charge in [-0.2, -0.15) is 0 Å². The quantitative estimate of drug-likeness (QED) is 0.778. The van der Waals surface area contributed by atoms with Gasteiger partial charge < -0.3 is 9.88 Å². The topological polar surface area (TPSA) is 68.2 Å². The molecule has 1 heterocycles. The number of carbonyl (C=O) groups is 1. The predicted octanol–water partition coefficient (Wildman–Crippen LogP) is 3.31. The van der Waals surface area contributed by atoms with Crippen LogP contribution < -0.4 is 5.32 Å². The summed E-state index contributed by atoms with van der Waals surface area (Å²) < 4.78 is 24.5. The van der Waals surface area contributed by atoms with Gasteiger partial charge in [-0.25, -0.2) is 8.42 Å². The smallest absolute Gasteiger partial charge is 0.268 e. The molecule has 0 bridgehead atoms. The Morgan fingerprint density at radius 1 is 1.38 bits per heavy atom. The van der Waals surface area contributed by atoms with E-state index >= 15 is 0 Å². The third kappa shape index (κ3) is 4.74. The van der Waals surface area contributed by atoms with Crippen LogP contribution in [0.5, 0.6) is 0 Å². The summed E-state index contributed by atoms with van der Waals surface area (Å²) in [5.74, 6) is -0.268. The van der Waals surface area contributed by atoms with Crippen LogP contribution in [-0.2, 0) is 9.05 Å². The molecule has 0 spiro atoms. The highest BCUT2D eigenvalue weighted by atomic mass is 35.7. The van der Waals surface area contributed by atoms with Gasteiger partial charge in [0.25, 0.3) is 15.0 Å². The zero-order chi connectivity index (χ0) is 16.2. The molecule has 0 saturated heterocycles. The lowest BCUT2D eigenvalue weighted by Gasteiger charge is -2.18. The summed E-state index contributed by atoms with van der Waals surface area (Å²) in [5.41, 5.74) is 0.318. The molecule has 0 aliphatic carbocycles. The van der Waals surface area contributed by atoms with Gasteiger partial charge in [-0.1, -0.05) is 20.3 Å². The van der Waals surface area contributed by atoms with Crippen molar-refractivity contribution >= 4 is 25.6 Å². The van der Waals surface area contributed by atoms with Crippen LogP contribution in [0, 0.1) is 0 Å². The summed E-state index contributed by atoms with van der Waals surface area (Å²) in [6.45, 7) is 7.83. The van der Waals surface area contributed by atoms with Crippen molar-refractivity contribution in [3.63, 3.8) is 0 Å². The van der Waals surface area contributed by atoms with Crippen LogP contribution in [0.2, 0.25) is 0 Å². The minimum atomic E-state index is -3.84. The average molecular weight is 335 g/mol. The second-order valence-electron chi connectivity index (χ2n) is 5.37. The molecule has 7 heteroatoms. The first-order valence-electron chi connectivity index (χ1n) is 7.18. The summed E-state index contributed by atoms with van der Waals surface area (Å²) >= 11 is 0. The molecule has 0 radical (unpaired) electrons. The van der Waals surface area contributed by atoms with Gasteiger partial charge in [-0.05, 0) is 32.8 Å². The SMILES string of the molecule is CCCC(CC)NC(=O)c1cc(S(=O)(=O)Cl)cn1C(C)C. The molecule has 21 heavy (non-hydrogen) atoms. The number of hydrogen-bond acceptors (Lipinski definition) is 3. The molecule has 0 aliphatic heterocycles. The summed E-state index contributed by atoms with van der Waals surface area (Å²) in [7, 11) is 1.52. The normalized spacial score (nSPS) is 13.4. The fourth-order valence-corrected chi connectivity index (χ4v) is 2.93. The van der Waals surface area contributed by atoms with Crippen molar-refractivity contribution in [2.75, 3.05) is 0 Å². The molecule has 1 rings (SSSR count). The average Bonchev–Trinajstić information content (AvgIpc) is 2.83. The highest BCUT2D eigenvalue weighted by Crippen LogP contribution is 2.22. The van der Waals surface area contributed by atoms with Crippen molar-refractivity contribution in [2.45, 2.75) is 63.9 Å². The summed E-state index contributed by atoms with van der Waals surface area (Å²) in [5, 5.41) is 2.95. The Bertz CT molecular complexity index is 593. The van der Waals surface area contributed by atoms with Crippen molar-refractivity contribution in [1.29, 1.82) is 0 Å². The second kappa shape index (κ2) is 7.31. The van der Waals surface area contributed by atoms with E-state index in [1.165, 1.54) is 12.3 Å². The van der Waals surface area contributed by atoms with Crippen molar-refractivity contribution in [2.24, 2.45) is 0 Å². The van der Waals surface area contributed by atoms with E-state index in [1.54, 1.807) is 4.57 Å². The van der Waals surface area contributed by atoms with Crippen molar-refractivity contribution < 1.29 is 13.2 Å². The van der Waals surface area contributed by atoms with Crippen LogP contribution in [0.15, 0.2) is 17.2 Å². The van der Waals surface area contributed by atoms with Crippen LogP contribution in [0.25, 0.3) is 0 Å². The van der Waals surface area contributed by atoms with E-state index in [9.17, 15) is 13.2 Å². The lowest BCUT2D eigenvalue weighted by atomic mass is 10.1. The molecule has 0 fully saturated rings. The number of rotatable bonds is 7. The lowest BCUT2D eigenvalue weighted by molar-refractivity contribution is 0.0923. The van der Waals surface area contributed by atoms with Crippen LogP contribution in [-0.4, -0.2) is 24.9 Å². The van der Waals surface area contributed by atoms with E-state index in [0.29, 0.717) is 5.69 Å². The molecule has 1 aromatic rings. The molecule has 0 saturated carbocycles. The standard InChI is InChI=1S/C14H23ClN2O3S/c1-5-7-11(6-2)16-14(18)13-8-12(21(15,19)20)9-17(13)10(3)4/h8-11H,5-7H2,1-4H3,(H,16,18). The minimum absolute atomic E-state index is 0.0378. The summed E-state index contributed by atoms with van der Waals surface area (Å²) in [6, 6.07) is 1.38. The van der Waals surface area contributed by atoms with Crippen LogP contribution in [0.3, 0.4) is 0 Å². The molecule has 0 aliphatic rings. The molecular weight excluding hydrogens is 312 g/mol. The van der Waals surface area contributed by atoms with E-state index in [1.807, 2.05) is 20.8 Å². The Morgan fingerprint density at radius 3 is 2.43 bits per heavy atom. The monoisotopic (exact) mass is 334 g/mol. The number of nitrogens with zero attached hydrogens (tertiary/aromatic N) is 1. The Morgan fingerprint density at radius 2 is 2.00 bits per heavy atom. The Labute approximate surface area is 131 Å². The number of aromatic nitrogens is 1. The van der Waals surface area contributed by atoms with Gasteiger partial charge in [0.1, 0.15) is 10.6 Å². The van der Waals surface area contributed by atoms with E-state index in [-0.39, 0.29) is 22.9 Å². The zero-order valence-corrected chi connectivity index (χ0v) is 14.5. The van der Waals surface area contributed by atoms with Gasteiger partial charge in [0.15, 0.2) is 0 Å². The van der Waals surface area contributed by atoms with Crippen LogP contribution >= 0.6 is 10.7 Å². The van der Waals surface area contributed by atoms with Gasteiger partial charge in [0.2, 0.25) is 0 Å². The highest BCUT2D eigenvalue weighted by molar-refractivity contribution is 8.13. The number of halogens is 1. The predicted molar refractivity (Wildman–Crippen MR) is 84.3 cm³/mol. The van der Waals surface area contributed by atoms with Crippen LogP contribution in [0.4, 0.5) is 0 Å².